The Hall–Kier alpha value is -2.50. The molecule has 0 aliphatic rings. The highest BCUT2D eigenvalue weighted by Gasteiger charge is 2.11. The molecule has 2 amide bonds. The summed E-state index contributed by atoms with van der Waals surface area (Å²) in [4.78, 5) is 21.7. The average molecular weight is 222 g/mol. The Morgan fingerprint density at radius 3 is 2.06 bits per heavy atom. The predicted octanol–water partition coefficient (Wildman–Crippen LogP) is -0.548. The van der Waals surface area contributed by atoms with Crippen LogP contribution in [0.5, 0.6) is 11.5 Å². The molecule has 1 aromatic carbocycles. The summed E-state index contributed by atoms with van der Waals surface area (Å²) in [6, 6.07) is 3.77. The highest BCUT2D eigenvalue weighted by atomic mass is 16.3. The van der Waals surface area contributed by atoms with E-state index < -0.39 is 11.8 Å². The Balaban J connectivity index is 3.18. The maximum Gasteiger partial charge on any atom is 0.254 e. The minimum absolute atomic E-state index is 0.308. The van der Waals surface area contributed by atoms with Gasteiger partial charge in [-0.05, 0) is 23.8 Å². The normalized spacial score (nSPS) is 9.50. The molecule has 6 nitrogen and oxygen atoms in total. The van der Waals surface area contributed by atoms with Crippen LogP contribution >= 0.6 is 0 Å². The fourth-order valence-electron chi connectivity index (χ4n) is 1.06. The molecule has 1 rings (SSSR count). The van der Waals surface area contributed by atoms with Gasteiger partial charge in [0.25, 0.3) is 11.8 Å². The quantitative estimate of drug-likeness (QED) is 0.237. The molecule has 0 heterocycles. The fourth-order valence-corrected chi connectivity index (χ4v) is 1.06. The first kappa shape index (κ1) is 11.6. The Kier molecular flexibility index (Phi) is 3.14. The van der Waals surface area contributed by atoms with Gasteiger partial charge in [-0.25, -0.2) is 0 Å². The third-order valence-electron chi connectivity index (χ3n) is 1.84. The minimum atomic E-state index is -0.958. The second-order valence-corrected chi connectivity index (χ2v) is 3.03. The number of rotatable bonds is 3. The van der Waals surface area contributed by atoms with Gasteiger partial charge < -0.3 is 21.7 Å². The van der Waals surface area contributed by atoms with Crippen LogP contribution in [0.25, 0.3) is 6.08 Å². The summed E-state index contributed by atoms with van der Waals surface area (Å²) in [6.07, 6.45) is 1.13. The van der Waals surface area contributed by atoms with Gasteiger partial charge in [0.05, 0.1) is 0 Å². The first-order chi connectivity index (χ1) is 7.41. The number of phenolic OH excluding ortho intramolecular Hbond substituents is 2. The third-order valence-corrected chi connectivity index (χ3v) is 1.84. The summed E-state index contributed by atoms with van der Waals surface area (Å²) in [5.41, 5.74) is 9.80. The van der Waals surface area contributed by atoms with Crippen LogP contribution < -0.4 is 11.5 Å². The largest absolute Gasteiger partial charge is 0.504 e. The number of nitrogens with two attached hydrogens (primary N) is 2. The zero-order chi connectivity index (χ0) is 12.3. The van der Waals surface area contributed by atoms with E-state index >= 15 is 0 Å². The maximum atomic E-state index is 10.8. The van der Waals surface area contributed by atoms with Crippen LogP contribution in [0.2, 0.25) is 0 Å². The molecule has 0 saturated carbocycles. The number of carbonyl (C=O) groups excluding carboxylic acids is 2. The summed E-state index contributed by atoms with van der Waals surface area (Å²) in [5, 5.41) is 18.2. The molecule has 6 N–H and O–H groups in total. The fraction of sp³-hybridized carbons (Fsp3) is 0. The molecule has 6 heteroatoms. The van der Waals surface area contributed by atoms with Crippen LogP contribution in [0.15, 0.2) is 23.8 Å². The van der Waals surface area contributed by atoms with Gasteiger partial charge in [-0.2, -0.15) is 0 Å². The lowest BCUT2D eigenvalue weighted by molar-refractivity contribution is -0.120. The van der Waals surface area contributed by atoms with Crippen LogP contribution in [0.3, 0.4) is 0 Å². The van der Waals surface area contributed by atoms with Gasteiger partial charge in [0.1, 0.15) is 5.57 Å². The molecule has 0 aliphatic carbocycles. The van der Waals surface area contributed by atoms with E-state index in [1.165, 1.54) is 18.2 Å². The zero-order valence-corrected chi connectivity index (χ0v) is 8.18. The van der Waals surface area contributed by atoms with Gasteiger partial charge in [-0.3, -0.25) is 9.59 Å². The highest BCUT2D eigenvalue weighted by molar-refractivity contribution is 6.20. The Labute approximate surface area is 90.8 Å². The molecule has 0 unspecified atom stereocenters. The summed E-state index contributed by atoms with van der Waals surface area (Å²) in [7, 11) is 0. The van der Waals surface area contributed by atoms with Crippen molar-refractivity contribution in [1.82, 2.24) is 0 Å². The molecule has 0 saturated heterocycles. The van der Waals surface area contributed by atoms with E-state index in [1.54, 1.807) is 0 Å². The maximum absolute atomic E-state index is 10.8. The lowest BCUT2D eigenvalue weighted by atomic mass is 10.1. The third kappa shape index (κ3) is 2.50. The smallest absolute Gasteiger partial charge is 0.254 e. The van der Waals surface area contributed by atoms with Crippen LogP contribution in [-0.4, -0.2) is 22.0 Å². The lowest BCUT2D eigenvalue weighted by Gasteiger charge is -2.01. The van der Waals surface area contributed by atoms with Gasteiger partial charge in [-0.15, -0.1) is 0 Å². The SMILES string of the molecule is NC(=O)C(=Cc1ccc(O)c(O)c1)C(N)=O. The Morgan fingerprint density at radius 1 is 1.06 bits per heavy atom. The van der Waals surface area contributed by atoms with Crippen molar-refractivity contribution in [2.75, 3.05) is 0 Å². The van der Waals surface area contributed by atoms with E-state index in [9.17, 15) is 14.7 Å². The molecular weight excluding hydrogens is 212 g/mol. The van der Waals surface area contributed by atoms with Gasteiger partial charge >= 0.3 is 0 Å². The molecule has 0 atom stereocenters. The average Bonchev–Trinajstić information content (AvgIpc) is 2.18. The zero-order valence-electron chi connectivity index (χ0n) is 8.18. The van der Waals surface area contributed by atoms with Crippen molar-refractivity contribution >= 4 is 17.9 Å². The molecule has 16 heavy (non-hydrogen) atoms. The van der Waals surface area contributed by atoms with Crippen LogP contribution in [0.1, 0.15) is 5.56 Å². The molecule has 0 fully saturated rings. The molecule has 1 aromatic rings. The molecule has 0 aromatic heterocycles. The van der Waals surface area contributed by atoms with Crippen molar-refractivity contribution in [2.24, 2.45) is 11.5 Å². The first-order valence-electron chi connectivity index (χ1n) is 4.25. The number of aromatic hydroxyl groups is 2. The van der Waals surface area contributed by atoms with Gasteiger partial charge in [-0.1, -0.05) is 6.07 Å². The van der Waals surface area contributed by atoms with E-state index in [-0.39, 0.29) is 17.1 Å². The molecule has 0 radical (unpaired) electrons. The molecule has 0 aliphatic heterocycles. The van der Waals surface area contributed by atoms with E-state index in [1.807, 2.05) is 0 Å². The first-order valence-corrected chi connectivity index (χ1v) is 4.25. The minimum Gasteiger partial charge on any atom is -0.504 e. The lowest BCUT2D eigenvalue weighted by Crippen LogP contribution is -2.25. The van der Waals surface area contributed by atoms with Gasteiger partial charge in [0, 0.05) is 0 Å². The van der Waals surface area contributed by atoms with Crippen molar-refractivity contribution in [2.45, 2.75) is 0 Å². The van der Waals surface area contributed by atoms with Gasteiger partial charge in [0.2, 0.25) is 0 Å². The summed E-state index contributed by atoms with van der Waals surface area (Å²) in [5.74, 6) is -2.60. The number of hydrogen-bond donors (Lipinski definition) is 4. The van der Waals surface area contributed by atoms with Crippen molar-refractivity contribution in [1.29, 1.82) is 0 Å². The summed E-state index contributed by atoms with van der Waals surface area (Å²) < 4.78 is 0. The van der Waals surface area contributed by atoms with Gasteiger partial charge in [0.15, 0.2) is 11.5 Å². The van der Waals surface area contributed by atoms with Crippen molar-refractivity contribution < 1.29 is 19.8 Å². The highest BCUT2D eigenvalue weighted by Crippen LogP contribution is 2.25. The second-order valence-electron chi connectivity index (χ2n) is 3.03. The topological polar surface area (TPSA) is 127 Å². The number of hydrogen-bond acceptors (Lipinski definition) is 4. The number of primary amides is 2. The number of phenols is 2. The number of benzene rings is 1. The summed E-state index contributed by atoms with van der Waals surface area (Å²) >= 11 is 0. The number of amides is 2. The van der Waals surface area contributed by atoms with Crippen LogP contribution in [0.4, 0.5) is 0 Å². The van der Waals surface area contributed by atoms with E-state index in [0.29, 0.717) is 5.56 Å². The second kappa shape index (κ2) is 4.35. The van der Waals surface area contributed by atoms with Crippen molar-refractivity contribution in [3.63, 3.8) is 0 Å². The van der Waals surface area contributed by atoms with Crippen molar-refractivity contribution in [3.8, 4) is 11.5 Å². The Morgan fingerprint density at radius 2 is 1.62 bits per heavy atom. The molecule has 84 valence electrons. The molecule has 0 spiro atoms. The van der Waals surface area contributed by atoms with E-state index in [0.717, 1.165) is 6.08 Å². The summed E-state index contributed by atoms with van der Waals surface area (Å²) in [6.45, 7) is 0. The predicted molar refractivity (Wildman–Crippen MR) is 56.1 cm³/mol. The van der Waals surface area contributed by atoms with Crippen molar-refractivity contribution in [3.05, 3.63) is 29.3 Å². The van der Waals surface area contributed by atoms with E-state index in [4.69, 9.17) is 16.6 Å². The monoisotopic (exact) mass is 222 g/mol. The van der Waals surface area contributed by atoms with Crippen LogP contribution in [0, 0.1) is 0 Å². The molecule has 0 bridgehead atoms. The number of carbonyl (C=O) groups is 2. The molecular formula is C10H10N2O4. The van der Waals surface area contributed by atoms with E-state index in [2.05, 4.69) is 0 Å². The van der Waals surface area contributed by atoms with Crippen LogP contribution in [-0.2, 0) is 9.59 Å². The standard InChI is InChI=1S/C10H10N2O4/c11-9(15)6(10(12)16)3-5-1-2-7(13)8(14)4-5/h1-4,13-14H,(H2,11,15)(H2,12,16). The Bertz CT molecular complexity index is 464.